The molecule has 0 radical (unpaired) electrons. The first-order valence-electron chi connectivity index (χ1n) is 9.17. The molecule has 10 heteroatoms. The quantitative estimate of drug-likeness (QED) is 0.337. The van der Waals surface area contributed by atoms with Gasteiger partial charge in [-0.05, 0) is 19.4 Å². The van der Waals surface area contributed by atoms with Gasteiger partial charge in [0, 0.05) is 37.9 Å². The summed E-state index contributed by atoms with van der Waals surface area (Å²) in [6.07, 6.45) is 3.57. The van der Waals surface area contributed by atoms with Crippen molar-refractivity contribution in [1.29, 1.82) is 0 Å². The predicted octanol–water partition coefficient (Wildman–Crippen LogP) is 1.52. The Labute approximate surface area is 182 Å². The van der Waals surface area contributed by atoms with Crippen molar-refractivity contribution >= 4 is 29.9 Å². The minimum absolute atomic E-state index is 0. The fraction of sp³-hybridized carbons (Fsp3) is 0.556. The number of pyridine rings is 1. The van der Waals surface area contributed by atoms with Crippen LogP contribution in [0.2, 0.25) is 0 Å². The van der Waals surface area contributed by atoms with Gasteiger partial charge in [0.25, 0.3) is 0 Å². The molecular weight excluding hydrogens is 473 g/mol. The Morgan fingerprint density at radius 3 is 3.00 bits per heavy atom. The third-order valence-corrected chi connectivity index (χ3v) is 4.31. The van der Waals surface area contributed by atoms with Crippen molar-refractivity contribution in [2.45, 2.75) is 45.5 Å². The van der Waals surface area contributed by atoms with Crippen molar-refractivity contribution in [3.8, 4) is 5.88 Å². The lowest BCUT2D eigenvalue weighted by atomic mass is 10.1. The number of hydrogen-bond acceptors (Lipinski definition) is 6. The van der Waals surface area contributed by atoms with Crippen LogP contribution in [0.3, 0.4) is 0 Å². The van der Waals surface area contributed by atoms with Crippen LogP contribution in [0.5, 0.6) is 5.88 Å². The number of rotatable bonds is 7. The monoisotopic (exact) mass is 501 g/mol. The van der Waals surface area contributed by atoms with Crippen molar-refractivity contribution in [3.05, 3.63) is 35.5 Å². The van der Waals surface area contributed by atoms with Gasteiger partial charge < -0.3 is 20.1 Å². The predicted molar refractivity (Wildman–Crippen MR) is 117 cm³/mol. The van der Waals surface area contributed by atoms with Crippen LogP contribution < -0.4 is 15.4 Å². The first-order chi connectivity index (χ1) is 13.2. The molecule has 3 rings (SSSR count). The molecule has 2 aromatic heterocycles. The summed E-state index contributed by atoms with van der Waals surface area (Å²) in [5, 5.41) is 11.3. The topological polar surface area (TPSA) is 98.5 Å². The number of fused-ring (bicyclic) bond motifs is 1. The molecule has 9 nitrogen and oxygen atoms in total. The lowest BCUT2D eigenvalue weighted by Crippen LogP contribution is -2.47. The van der Waals surface area contributed by atoms with E-state index in [0.29, 0.717) is 19.0 Å². The zero-order valence-electron chi connectivity index (χ0n) is 16.5. The third-order valence-electron chi connectivity index (χ3n) is 4.31. The normalized spacial score (nSPS) is 16.1. The molecule has 0 aromatic carbocycles. The number of aryl methyl sites for hydroxylation is 1. The van der Waals surface area contributed by atoms with E-state index in [9.17, 15) is 0 Å². The summed E-state index contributed by atoms with van der Waals surface area (Å²) in [6, 6.07) is 4.10. The molecule has 0 amide bonds. The highest BCUT2D eigenvalue weighted by molar-refractivity contribution is 14.0. The Kier molecular flexibility index (Phi) is 8.90. The van der Waals surface area contributed by atoms with Gasteiger partial charge in [0.2, 0.25) is 5.88 Å². The van der Waals surface area contributed by atoms with Crippen molar-refractivity contribution in [2.75, 3.05) is 20.8 Å². The largest absolute Gasteiger partial charge is 0.481 e. The van der Waals surface area contributed by atoms with Gasteiger partial charge in [-0.2, -0.15) is 5.10 Å². The summed E-state index contributed by atoms with van der Waals surface area (Å²) in [4.78, 5) is 13.4. The van der Waals surface area contributed by atoms with E-state index in [1.165, 1.54) is 0 Å². The van der Waals surface area contributed by atoms with Crippen LogP contribution in [-0.4, -0.2) is 52.5 Å². The second-order valence-corrected chi connectivity index (χ2v) is 6.31. The fourth-order valence-corrected chi connectivity index (χ4v) is 3.07. The van der Waals surface area contributed by atoms with Gasteiger partial charge in [0.1, 0.15) is 12.4 Å². The second kappa shape index (κ2) is 11.1. The van der Waals surface area contributed by atoms with E-state index in [4.69, 9.17) is 9.47 Å². The number of halogens is 1. The zero-order chi connectivity index (χ0) is 19.1. The Hall–Kier alpha value is -1.95. The zero-order valence-corrected chi connectivity index (χ0v) is 18.8. The number of nitrogens with zero attached hydrogens (tertiary/aromatic N) is 5. The summed E-state index contributed by atoms with van der Waals surface area (Å²) < 4.78 is 12.4. The maximum Gasteiger partial charge on any atom is 0.218 e. The van der Waals surface area contributed by atoms with Crippen molar-refractivity contribution < 1.29 is 9.47 Å². The minimum atomic E-state index is 0. The molecule has 2 aromatic rings. The molecule has 0 spiro atoms. The Bertz CT molecular complexity index is 781. The van der Waals surface area contributed by atoms with Crippen LogP contribution in [0, 0.1) is 0 Å². The van der Waals surface area contributed by atoms with E-state index < -0.39 is 0 Å². The average molecular weight is 501 g/mol. The van der Waals surface area contributed by atoms with E-state index in [0.717, 1.165) is 49.1 Å². The van der Waals surface area contributed by atoms with Crippen LogP contribution in [0.25, 0.3) is 0 Å². The summed E-state index contributed by atoms with van der Waals surface area (Å²) in [5.74, 6) is 3.13. The van der Waals surface area contributed by atoms with Crippen molar-refractivity contribution in [2.24, 2.45) is 4.99 Å². The lowest BCUT2D eigenvalue weighted by molar-refractivity contribution is 0.177. The van der Waals surface area contributed by atoms with E-state index in [1.807, 2.05) is 16.8 Å². The van der Waals surface area contributed by atoms with Crippen LogP contribution in [0.4, 0.5) is 0 Å². The Balaban J connectivity index is 0.00000280. The highest BCUT2D eigenvalue weighted by atomic mass is 127. The number of methoxy groups -OCH3 is 2. The number of aliphatic imine (C=N–C) groups is 1. The lowest BCUT2D eigenvalue weighted by Gasteiger charge is -2.25. The molecule has 0 saturated carbocycles. The van der Waals surface area contributed by atoms with Crippen molar-refractivity contribution in [1.82, 2.24) is 30.4 Å². The number of guanidine groups is 1. The van der Waals surface area contributed by atoms with Gasteiger partial charge in [-0.1, -0.05) is 6.07 Å². The van der Waals surface area contributed by atoms with Gasteiger partial charge in [-0.25, -0.2) is 19.6 Å². The molecule has 0 saturated heterocycles. The van der Waals surface area contributed by atoms with Crippen LogP contribution in [0.15, 0.2) is 23.3 Å². The number of aromatic nitrogens is 4. The van der Waals surface area contributed by atoms with E-state index in [1.54, 1.807) is 20.4 Å². The fourth-order valence-electron chi connectivity index (χ4n) is 3.07. The van der Waals surface area contributed by atoms with Crippen LogP contribution >= 0.6 is 24.0 Å². The number of ether oxygens (including phenoxy) is 2. The molecule has 2 N–H and O–H groups in total. The van der Waals surface area contributed by atoms with Gasteiger partial charge in [-0.15, -0.1) is 24.0 Å². The molecule has 28 heavy (non-hydrogen) atoms. The van der Waals surface area contributed by atoms with Gasteiger partial charge in [-0.3, -0.25) is 0 Å². The standard InChI is InChI=1S/C18H27N7O2.HI/c1-4-19-18(21-10-13-6-5-9-20-17(13)27-3)22-14-7-8-16-23-15(12-26-2)24-25(16)11-14;/h5-6,9,14H,4,7-8,10-12H2,1-3H3,(H2,19,21,22);1H. The number of nitrogens with one attached hydrogen (secondary N) is 2. The van der Waals surface area contributed by atoms with Gasteiger partial charge >= 0.3 is 0 Å². The van der Waals surface area contributed by atoms with E-state index >= 15 is 0 Å². The van der Waals surface area contributed by atoms with Crippen LogP contribution in [0.1, 0.15) is 30.6 Å². The Morgan fingerprint density at radius 2 is 2.25 bits per heavy atom. The molecule has 3 heterocycles. The molecule has 1 atom stereocenters. The van der Waals surface area contributed by atoms with Crippen LogP contribution in [-0.2, 0) is 30.9 Å². The second-order valence-electron chi connectivity index (χ2n) is 6.31. The van der Waals surface area contributed by atoms with E-state index in [-0.39, 0.29) is 30.0 Å². The van der Waals surface area contributed by atoms with Gasteiger partial charge in [0.05, 0.1) is 20.2 Å². The summed E-state index contributed by atoms with van der Waals surface area (Å²) in [7, 11) is 3.27. The molecule has 1 unspecified atom stereocenters. The molecule has 0 aliphatic carbocycles. The average Bonchev–Trinajstić information content (AvgIpc) is 3.08. The first kappa shape index (κ1) is 22.3. The SMILES string of the molecule is CCNC(=NCc1cccnc1OC)NC1CCc2nc(COC)nn2C1.I. The minimum Gasteiger partial charge on any atom is -0.481 e. The smallest absolute Gasteiger partial charge is 0.218 e. The Morgan fingerprint density at radius 1 is 1.39 bits per heavy atom. The molecular formula is C18H28IN7O2. The maximum absolute atomic E-state index is 5.30. The highest BCUT2D eigenvalue weighted by Gasteiger charge is 2.22. The third kappa shape index (κ3) is 5.77. The van der Waals surface area contributed by atoms with Gasteiger partial charge in [0.15, 0.2) is 11.8 Å². The molecule has 154 valence electrons. The highest BCUT2D eigenvalue weighted by Crippen LogP contribution is 2.15. The summed E-state index contributed by atoms with van der Waals surface area (Å²) >= 11 is 0. The summed E-state index contributed by atoms with van der Waals surface area (Å²) in [5.41, 5.74) is 0.948. The molecule has 0 fully saturated rings. The summed E-state index contributed by atoms with van der Waals surface area (Å²) in [6.45, 7) is 4.53. The van der Waals surface area contributed by atoms with E-state index in [2.05, 4.69) is 37.6 Å². The number of hydrogen-bond donors (Lipinski definition) is 2. The molecule has 0 bridgehead atoms. The first-order valence-corrected chi connectivity index (χ1v) is 9.17. The molecule has 1 aliphatic heterocycles. The van der Waals surface area contributed by atoms with Crippen molar-refractivity contribution in [3.63, 3.8) is 0 Å². The maximum atomic E-state index is 5.30. The molecule has 1 aliphatic rings.